The zero-order valence-electron chi connectivity index (χ0n) is 11.8. The van der Waals surface area contributed by atoms with E-state index < -0.39 is 10.9 Å². The Kier molecular flexibility index (Phi) is 4.95. The molecule has 0 N–H and O–H groups in total. The quantitative estimate of drug-likeness (QED) is 0.361. The van der Waals surface area contributed by atoms with Crippen LogP contribution in [-0.2, 0) is 4.74 Å². The molecule has 114 valence electrons. The zero-order chi connectivity index (χ0) is 16.1. The topological polar surface area (TPSA) is 91.6 Å². The van der Waals surface area contributed by atoms with Gasteiger partial charge in [0.15, 0.2) is 0 Å². The summed E-state index contributed by atoms with van der Waals surface area (Å²) in [5, 5.41) is 10.9. The van der Waals surface area contributed by atoms with E-state index in [-0.39, 0.29) is 11.4 Å². The highest BCUT2D eigenvalue weighted by Crippen LogP contribution is 2.32. The van der Waals surface area contributed by atoms with E-state index in [2.05, 4.69) is 9.72 Å². The normalized spacial score (nSPS) is 10.1. The summed E-state index contributed by atoms with van der Waals surface area (Å²) in [7, 11) is 1.27. The molecule has 22 heavy (non-hydrogen) atoms. The Labute approximate surface area is 130 Å². The van der Waals surface area contributed by atoms with Gasteiger partial charge in [-0.05, 0) is 24.5 Å². The number of nitrogens with zero attached hydrogens (tertiary/aromatic N) is 2. The van der Waals surface area contributed by atoms with Crippen molar-refractivity contribution in [3.63, 3.8) is 0 Å². The lowest BCUT2D eigenvalue weighted by Gasteiger charge is -2.07. The number of thioether (sulfide) groups is 1. The number of benzene rings is 1. The number of nitro groups is 1. The van der Waals surface area contributed by atoms with Crippen LogP contribution in [0.4, 0.5) is 5.69 Å². The molecule has 0 spiro atoms. The van der Waals surface area contributed by atoms with Gasteiger partial charge in [-0.3, -0.25) is 10.1 Å². The number of hydrogen-bond acceptors (Lipinski definition) is 7. The van der Waals surface area contributed by atoms with Gasteiger partial charge in [-0.1, -0.05) is 0 Å². The number of rotatable bonds is 5. The second-order valence-corrected chi connectivity index (χ2v) is 4.91. The fourth-order valence-electron chi connectivity index (χ4n) is 1.67. The van der Waals surface area contributed by atoms with E-state index in [0.29, 0.717) is 16.4 Å². The SMILES string of the molecule is COC(=O)c1ccc(Oc2ccc([N+](=O)[O-])c(SC)c2)cn1. The molecular weight excluding hydrogens is 308 g/mol. The maximum absolute atomic E-state index is 11.3. The largest absolute Gasteiger partial charge is 0.464 e. The number of carbonyl (C=O) groups excluding carboxylic acids is 1. The summed E-state index contributed by atoms with van der Waals surface area (Å²) in [6, 6.07) is 7.52. The molecule has 0 saturated carbocycles. The number of aromatic nitrogens is 1. The van der Waals surface area contributed by atoms with Gasteiger partial charge in [0.2, 0.25) is 0 Å². The Hall–Kier alpha value is -2.61. The number of methoxy groups -OCH3 is 1. The predicted octanol–water partition coefficient (Wildman–Crippen LogP) is 3.29. The zero-order valence-corrected chi connectivity index (χ0v) is 12.6. The Bertz CT molecular complexity index is 703. The van der Waals surface area contributed by atoms with E-state index in [1.54, 1.807) is 18.4 Å². The third kappa shape index (κ3) is 3.53. The van der Waals surface area contributed by atoms with Crippen molar-refractivity contribution in [2.75, 3.05) is 13.4 Å². The minimum absolute atomic E-state index is 0.0269. The van der Waals surface area contributed by atoms with Gasteiger partial charge < -0.3 is 9.47 Å². The molecule has 0 fully saturated rings. The summed E-state index contributed by atoms with van der Waals surface area (Å²) in [5.41, 5.74) is 0.197. The van der Waals surface area contributed by atoms with Crippen molar-refractivity contribution in [3.05, 3.63) is 52.3 Å². The van der Waals surface area contributed by atoms with Crippen LogP contribution >= 0.6 is 11.8 Å². The van der Waals surface area contributed by atoms with E-state index in [1.165, 1.54) is 43.3 Å². The lowest BCUT2D eigenvalue weighted by molar-refractivity contribution is -0.387. The van der Waals surface area contributed by atoms with Gasteiger partial charge in [0, 0.05) is 12.1 Å². The molecule has 0 radical (unpaired) electrons. The Balaban J connectivity index is 2.20. The average Bonchev–Trinajstić information content (AvgIpc) is 2.54. The summed E-state index contributed by atoms with van der Waals surface area (Å²) in [4.78, 5) is 26.1. The summed E-state index contributed by atoms with van der Waals surface area (Å²) in [6.45, 7) is 0. The fourth-order valence-corrected chi connectivity index (χ4v) is 2.26. The average molecular weight is 320 g/mol. The number of pyridine rings is 1. The molecule has 2 aromatic rings. The third-order valence-corrected chi connectivity index (χ3v) is 3.48. The maximum atomic E-state index is 11.3. The molecule has 0 saturated heterocycles. The van der Waals surface area contributed by atoms with Crippen LogP contribution in [0, 0.1) is 10.1 Å². The first-order valence-electron chi connectivity index (χ1n) is 6.10. The van der Waals surface area contributed by atoms with E-state index >= 15 is 0 Å². The highest BCUT2D eigenvalue weighted by atomic mass is 32.2. The van der Waals surface area contributed by atoms with Gasteiger partial charge in [0.25, 0.3) is 5.69 Å². The first-order chi connectivity index (χ1) is 10.5. The lowest BCUT2D eigenvalue weighted by Crippen LogP contribution is -2.03. The van der Waals surface area contributed by atoms with Crippen LogP contribution in [0.25, 0.3) is 0 Å². The Morgan fingerprint density at radius 1 is 1.27 bits per heavy atom. The van der Waals surface area contributed by atoms with Crippen LogP contribution in [0.5, 0.6) is 11.5 Å². The van der Waals surface area contributed by atoms with Crippen molar-refractivity contribution in [2.45, 2.75) is 4.90 Å². The number of nitro benzene ring substituents is 1. The molecular formula is C14H12N2O5S. The van der Waals surface area contributed by atoms with Gasteiger partial charge in [-0.15, -0.1) is 11.8 Å². The van der Waals surface area contributed by atoms with E-state index in [4.69, 9.17) is 4.74 Å². The van der Waals surface area contributed by atoms with Crippen LogP contribution in [0.3, 0.4) is 0 Å². The first-order valence-corrected chi connectivity index (χ1v) is 7.32. The molecule has 1 heterocycles. The minimum Gasteiger partial charge on any atom is -0.464 e. The molecule has 0 aliphatic heterocycles. The minimum atomic E-state index is -0.536. The molecule has 1 aromatic heterocycles. The molecule has 0 atom stereocenters. The van der Waals surface area contributed by atoms with Gasteiger partial charge in [0.05, 0.1) is 23.1 Å². The number of ether oxygens (including phenoxy) is 2. The van der Waals surface area contributed by atoms with Crippen molar-refractivity contribution < 1.29 is 19.2 Å². The predicted molar refractivity (Wildman–Crippen MR) is 80.5 cm³/mol. The summed E-state index contributed by atoms with van der Waals surface area (Å²) in [6.07, 6.45) is 3.13. The Morgan fingerprint density at radius 3 is 2.55 bits per heavy atom. The van der Waals surface area contributed by atoms with Gasteiger partial charge in [0.1, 0.15) is 17.2 Å². The molecule has 0 aliphatic rings. The van der Waals surface area contributed by atoms with Gasteiger partial charge in [-0.2, -0.15) is 0 Å². The molecule has 7 nitrogen and oxygen atoms in total. The molecule has 1 aromatic carbocycles. The number of hydrogen-bond donors (Lipinski definition) is 0. The third-order valence-electron chi connectivity index (χ3n) is 2.71. The standard InChI is InChI=1S/C14H12N2O5S/c1-20-14(17)11-5-3-10(8-15-11)21-9-4-6-12(16(18)19)13(7-9)22-2/h3-8H,1-2H3. The maximum Gasteiger partial charge on any atom is 0.356 e. The monoisotopic (exact) mass is 320 g/mol. The van der Waals surface area contributed by atoms with E-state index in [9.17, 15) is 14.9 Å². The molecule has 0 amide bonds. The molecule has 2 rings (SSSR count). The van der Waals surface area contributed by atoms with Crippen LogP contribution in [0.15, 0.2) is 41.4 Å². The second-order valence-electron chi connectivity index (χ2n) is 4.06. The van der Waals surface area contributed by atoms with Crippen molar-refractivity contribution in [3.8, 4) is 11.5 Å². The van der Waals surface area contributed by atoms with Crippen LogP contribution < -0.4 is 4.74 Å². The van der Waals surface area contributed by atoms with Crippen molar-refractivity contribution in [1.29, 1.82) is 0 Å². The highest BCUT2D eigenvalue weighted by Gasteiger charge is 2.14. The van der Waals surface area contributed by atoms with Crippen molar-refractivity contribution in [2.24, 2.45) is 0 Å². The molecule has 0 bridgehead atoms. The van der Waals surface area contributed by atoms with Crippen molar-refractivity contribution in [1.82, 2.24) is 4.98 Å². The van der Waals surface area contributed by atoms with Crippen molar-refractivity contribution >= 4 is 23.4 Å². The Morgan fingerprint density at radius 2 is 2.00 bits per heavy atom. The van der Waals surface area contributed by atoms with Crippen LogP contribution in [0.1, 0.15) is 10.5 Å². The highest BCUT2D eigenvalue weighted by molar-refractivity contribution is 7.98. The fraction of sp³-hybridized carbons (Fsp3) is 0.143. The number of esters is 1. The number of carbonyl (C=O) groups is 1. The smallest absolute Gasteiger partial charge is 0.356 e. The molecule has 0 unspecified atom stereocenters. The summed E-state index contributed by atoms with van der Waals surface area (Å²) >= 11 is 1.26. The summed E-state index contributed by atoms with van der Waals surface area (Å²) < 4.78 is 10.1. The van der Waals surface area contributed by atoms with Gasteiger partial charge >= 0.3 is 5.97 Å². The van der Waals surface area contributed by atoms with Crippen LogP contribution in [0.2, 0.25) is 0 Å². The molecule has 0 aliphatic carbocycles. The first kappa shape index (κ1) is 15.8. The van der Waals surface area contributed by atoms with Crippen LogP contribution in [-0.4, -0.2) is 29.2 Å². The molecule has 8 heteroatoms. The second kappa shape index (κ2) is 6.90. The van der Waals surface area contributed by atoms with Gasteiger partial charge in [-0.25, -0.2) is 9.78 Å². The van der Waals surface area contributed by atoms with E-state index in [1.807, 2.05) is 0 Å². The summed E-state index contributed by atoms with van der Waals surface area (Å²) in [5.74, 6) is 0.322. The lowest BCUT2D eigenvalue weighted by atomic mass is 10.3. The van der Waals surface area contributed by atoms with E-state index in [0.717, 1.165) is 0 Å².